The molecule has 35 heavy (non-hydrogen) atoms. The topological polar surface area (TPSA) is 80.8 Å². The van der Waals surface area contributed by atoms with Gasteiger partial charge in [-0.15, -0.1) is 0 Å². The maximum atomic E-state index is 13.7. The summed E-state index contributed by atoms with van der Waals surface area (Å²) in [5.41, 5.74) is 2.94. The molecule has 0 spiro atoms. The molecule has 0 N–H and O–H groups in total. The minimum atomic E-state index is -0.160. The van der Waals surface area contributed by atoms with Gasteiger partial charge < -0.3 is 19.0 Å². The molecule has 178 valence electrons. The number of ether oxygens (including phenoxy) is 1. The second kappa shape index (κ2) is 9.89. The Morgan fingerprint density at radius 2 is 1.57 bits per heavy atom. The van der Waals surface area contributed by atoms with Crippen LogP contribution in [0.4, 0.5) is 0 Å². The predicted octanol–water partition coefficient (Wildman–Crippen LogP) is 3.80. The molecule has 0 bridgehead atoms. The second-order valence-corrected chi connectivity index (χ2v) is 8.34. The summed E-state index contributed by atoms with van der Waals surface area (Å²) in [5, 5.41) is 4.79. The van der Waals surface area contributed by atoms with Crippen LogP contribution in [-0.2, 0) is 6.54 Å². The number of hydrogen-bond donors (Lipinski definition) is 0. The van der Waals surface area contributed by atoms with E-state index in [2.05, 4.69) is 0 Å². The third kappa shape index (κ3) is 4.68. The largest absolute Gasteiger partial charge is 0.496 e. The molecule has 0 radical (unpaired) electrons. The first kappa shape index (κ1) is 22.5. The van der Waals surface area contributed by atoms with Crippen molar-refractivity contribution >= 4 is 11.8 Å². The van der Waals surface area contributed by atoms with E-state index in [1.54, 1.807) is 39.9 Å². The van der Waals surface area contributed by atoms with Crippen molar-refractivity contribution in [2.24, 2.45) is 0 Å². The highest BCUT2D eigenvalue weighted by atomic mass is 16.5. The van der Waals surface area contributed by atoms with Gasteiger partial charge in [0.15, 0.2) is 5.76 Å². The maximum Gasteiger partial charge on any atom is 0.289 e. The number of furan rings is 1. The molecule has 1 aliphatic heterocycles. The lowest BCUT2D eigenvalue weighted by Crippen LogP contribution is -2.50. The summed E-state index contributed by atoms with van der Waals surface area (Å²) in [6.45, 7) is 2.28. The quantitative estimate of drug-likeness (QED) is 0.428. The van der Waals surface area contributed by atoms with Crippen LogP contribution in [-0.4, -0.2) is 64.7 Å². The van der Waals surface area contributed by atoms with E-state index in [-0.39, 0.29) is 11.8 Å². The molecule has 2 aromatic carbocycles. The zero-order valence-corrected chi connectivity index (χ0v) is 19.5. The Balaban J connectivity index is 1.40. The Morgan fingerprint density at radius 3 is 2.26 bits per heavy atom. The number of hydrogen-bond acceptors (Lipinski definition) is 5. The molecule has 0 atom stereocenters. The fraction of sp³-hybridized carbons (Fsp3) is 0.222. The molecule has 1 aliphatic rings. The number of aromatic nitrogens is 2. The van der Waals surface area contributed by atoms with Crippen LogP contribution >= 0.6 is 0 Å². The fourth-order valence-electron chi connectivity index (χ4n) is 4.31. The maximum absolute atomic E-state index is 13.7. The number of amides is 2. The Bertz CT molecular complexity index is 1310. The van der Waals surface area contributed by atoms with Crippen molar-refractivity contribution < 1.29 is 18.7 Å². The van der Waals surface area contributed by atoms with Gasteiger partial charge in [-0.05, 0) is 29.8 Å². The van der Waals surface area contributed by atoms with Crippen molar-refractivity contribution in [2.75, 3.05) is 33.3 Å². The minimum absolute atomic E-state index is 0.115. The zero-order valence-electron chi connectivity index (χ0n) is 19.5. The normalized spacial score (nSPS) is 13.6. The molecule has 1 fully saturated rings. The Labute approximate surface area is 203 Å². The number of carbonyl (C=O) groups is 2. The molecular formula is C27H26N4O4. The lowest BCUT2D eigenvalue weighted by molar-refractivity contribution is 0.0518. The third-order valence-electron chi connectivity index (χ3n) is 6.13. The van der Waals surface area contributed by atoms with Gasteiger partial charge in [0.2, 0.25) is 0 Å². The van der Waals surface area contributed by atoms with Gasteiger partial charge in [-0.1, -0.05) is 42.5 Å². The van der Waals surface area contributed by atoms with Gasteiger partial charge in [-0.25, -0.2) is 0 Å². The van der Waals surface area contributed by atoms with E-state index in [1.165, 1.54) is 6.26 Å². The lowest BCUT2D eigenvalue weighted by Gasteiger charge is -2.34. The van der Waals surface area contributed by atoms with Crippen molar-refractivity contribution in [3.05, 3.63) is 96.1 Å². The van der Waals surface area contributed by atoms with E-state index in [4.69, 9.17) is 14.3 Å². The van der Waals surface area contributed by atoms with E-state index in [1.807, 2.05) is 54.6 Å². The van der Waals surface area contributed by atoms with Crippen LogP contribution in [0, 0.1) is 0 Å². The number of methoxy groups -OCH3 is 1. The number of para-hydroxylation sites is 1. The van der Waals surface area contributed by atoms with Gasteiger partial charge in [-0.2, -0.15) is 5.10 Å². The van der Waals surface area contributed by atoms with Crippen LogP contribution in [0.25, 0.3) is 11.3 Å². The molecule has 0 unspecified atom stereocenters. The zero-order chi connectivity index (χ0) is 24.2. The van der Waals surface area contributed by atoms with E-state index < -0.39 is 0 Å². The standard InChI is InChI=1S/C27H26N4O4/c1-34-23-11-6-5-10-21(23)25-22(19-31(28-25)18-20-8-3-2-4-9-20)26(32)29-13-15-30(16-14-29)27(33)24-12-7-17-35-24/h2-12,17,19H,13-16,18H2,1H3. The van der Waals surface area contributed by atoms with E-state index >= 15 is 0 Å². The molecular weight excluding hydrogens is 444 g/mol. The molecule has 0 saturated carbocycles. The molecule has 2 amide bonds. The van der Waals surface area contributed by atoms with Crippen LogP contribution in [0.1, 0.15) is 26.5 Å². The van der Waals surface area contributed by atoms with Crippen LogP contribution in [0.15, 0.2) is 83.6 Å². The molecule has 3 heterocycles. The number of carbonyl (C=O) groups excluding carboxylic acids is 2. The van der Waals surface area contributed by atoms with Gasteiger partial charge in [0.25, 0.3) is 11.8 Å². The molecule has 8 nitrogen and oxygen atoms in total. The molecule has 8 heteroatoms. The SMILES string of the molecule is COc1ccccc1-c1nn(Cc2ccccc2)cc1C(=O)N1CCN(C(=O)c2ccco2)CC1. The summed E-state index contributed by atoms with van der Waals surface area (Å²) in [4.78, 5) is 29.8. The van der Waals surface area contributed by atoms with Crippen molar-refractivity contribution in [2.45, 2.75) is 6.54 Å². The molecule has 4 aromatic rings. The first-order valence-corrected chi connectivity index (χ1v) is 11.5. The summed E-state index contributed by atoms with van der Waals surface area (Å²) in [6, 6.07) is 20.9. The van der Waals surface area contributed by atoms with Crippen molar-refractivity contribution in [3.8, 4) is 17.0 Å². The Kier molecular flexibility index (Phi) is 6.34. The average Bonchev–Trinajstić information content (AvgIpc) is 3.59. The van der Waals surface area contributed by atoms with Crippen LogP contribution in [0.3, 0.4) is 0 Å². The van der Waals surface area contributed by atoms with Gasteiger partial charge >= 0.3 is 0 Å². The number of rotatable bonds is 6. The smallest absolute Gasteiger partial charge is 0.289 e. The van der Waals surface area contributed by atoms with Crippen molar-refractivity contribution in [1.82, 2.24) is 19.6 Å². The number of benzene rings is 2. The fourth-order valence-corrected chi connectivity index (χ4v) is 4.31. The first-order chi connectivity index (χ1) is 17.1. The van der Waals surface area contributed by atoms with E-state index in [0.717, 1.165) is 11.1 Å². The average molecular weight is 471 g/mol. The molecule has 5 rings (SSSR count). The van der Waals surface area contributed by atoms with Crippen LogP contribution in [0.2, 0.25) is 0 Å². The molecule has 0 aliphatic carbocycles. The van der Waals surface area contributed by atoms with Gasteiger partial charge in [-0.3, -0.25) is 14.3 Å². The highest BCUT2D eigenvalue weighted by Gasteiger charge is 2.29. The summed E-state index contributed by atoms with van der Waals surface area (Å²) < 4.78 is 12.6. The first-order valence-electron chi connectivity index (χ1n) is 11.5. The minimum Gasteiger partial charge on any atom is -0.496 e. The Morgan fingerprint density at radius 1 is 0.886 bits per heavy atom. The summed E-state index contributed by atoms with van der Waals surface area (Å²) in [5.74, 6) is 0.689. The van der Waals surface area contributed by atoms with Gasteiger partial charge in [0, 0.05) is 37.9 Å². The number of nitrogens with zero attached hydrogens (tertiary/aromatic N) is 4. The molecule has 2 aromatic heterocycles. The highest BCUT2D eigenvalue weighted by molar-refractivity contribution is 6.00. The Hall–Kier alpha value is -4.33. The van der Waals surface area contributed by atoms with Crippen molar-refractivity contribution in [3.63, 3.8) is 0 Å². The van der Waals surface area contributed by atoms with Crippen LogP contribution in [0.5, 0.6) is 5.75 Å². The molecule has 1 saturated heterocycles. The third-order valence-corrected chi connectivity index (χ3v) is 6.13. The number of piperazine rings is 1. The summed E-state index contributed by atoms with van der Waals surface area (Å²) in [7, 11) is 1.61. The van der Waals surface area contributed by atoms with E-state index in [0.29, 0.717) is 55.5 Å². The van der Waals surface area contributed by atoms with Crippen LogP contribution < -0.4 is 4.74 Å². The van der Waals surface area contributed by atoms with Gasteiger partial charge in [0.1, 0.15) is 11.4 Å². The monoisotopic (exact) mass is 470 g/mol. The second-order valence-electron chi connectivity index (χ2n) is 8.34. The summed E-state index contributed by atoms with van der Waals surface area (Å²) >= 11 is 0. The lowest BCUT2D eigenvalue weighted by atomic mass is 10.1. The highest BCUT2D eigenvalue weighted by Crippen LogP contribution is 2.32. The summed E-state index contributed by atoms with van der Waals surface area (Å²) in [6.07, 6.45) is 3.29. The van der Waals surface area contributed by atoms with Crippen molar-refractivity contribution in [1.29, 1.82) is 0 Å². The van der Waals surface area contributed by atoms with Gasteiger partial charge in [0.05, 0.1) is 25.5 Å². The predicted molar refractivity (Wildman–Crippen MR) is 130 cm³/mol. The van der Waals surface area contributed by atoms with E-state index in [9.17, 15) is 9.59 Å².